The highest BCUT2D eigenvalue weighted by Crippen LogP contribution is 2.24. The van der Waals surface area contributed by atoms with Gasteiger partial charge in [-0.25, -0.2) is 4.79 Å². The molecule has 0 radical (unpaired) electrons. The van der Waals surface area contributed by atoms with Crippen LogP contribution in [0.25, 0.3) is 0 Å². The monoisotopic (exact) mass is 705 g/mol. The third kappa shape index (κ3) is 22.5. The van der Waals surface area contributed by atoms with Crippen molar-refractivity contribution in [2.45, 2.75) is 197 Å². The number of unbranched alkanes of at least 4 members (excludes halogenated alkanes) is 4. The molecule has 8 heteroatoms. The van der Waals surface area contributed by atoms with Gasteiger partial charge >= 0.3 is 23.9 Å². The third-order valence-electron chi connectivity index (χ3n) is 8.34. The fourth-order valence-electron chi connectivity index (χ4n) is 4.66. The number of rotatable bonds is 30. The van der Waals surface area contributed by atoms with Gasteiger partial charge in [-0.2, -0.15) is 0 Å². The molecule has 0 aliphatic heterocycles. The third-order valence-corrected chi connectivity index (χ3v) is 8.34. The van der Waals surface area contributed by atoms with Crippen LogP contribution in [-0.2, 0) is 38.0 Å². The van der Waals surface area contributed by atoms with Gasteiger partial charge in [-0.1, -0.05) is 87.1 Å². The number of carbonyl (C=O) groups excluding carboxylic acids is 2. The Morgan fingerprint density at radius 3 is 1.10 bits per heavy atom. The van der Waals surface area contributed by atoms with E-state index in [9.17, 15) is 9.59 Å². The van der Waals surface area contributed by atoms with Crippen LogP contribution < -0.4 is 0 Å². The van der Waals surface area contributed by atoms with Crippen molar-refractivity contribution in [1.29, 1.82) is 0 Å². The minimum Gasteiger partial charge on any atom is -0.429 e. The molecule has 0 aliphatic rings. The minimum atomic E-state index is -1.65. The van der Waals surface area contributed by atoms with E-state index in [0.29, 0.717) is 0 Å². The van der Waals surface area contributed by atoms with Crippen molar-refractivity contribution < 1.29 is 38.0 Å². The first-order valence-corrected chi connectivity index (χ1v) is 19.5. The molecule has 0 fully saturated rings. The molecule has 50 heavy (non-hydrogen) atoms. The maximum atomic E-state index is 13.0. The number of esters is 2. The fraction of sp³-hybridized carbons (Fsp3) is 0.714. The Morgan fingerprint density at radius 1 is 0.480 bits per heavy atom. The van der Waals surface area contributed by atoms with Gasteiger partial charge in [0, 0.05) is 12.5 Å². The quantitative estimate of drug-likeness (QED) is 0.0316. The van der Waals surface area contributed by atoms with Gasteiger partial charge in [0.1, 0.15) is 0 Å². The fourth-order valence-corrected chi connectivity index (χ4v) is 4.66. The van der Waals surface area contributed by atoms with Crippen molar-refractivity contribution >= 4 is 11.9 Å². The van der Waals surface area contributed by atoms with E-state index >= 15 is 0 Å². The number of carbonyl (C=O) groups is 2. The molecule has 0 saturated carbocycles. The summed E-state index contributed by atoms with van der Waals surface area (Å²) in [6.45, 7) is 20.1. The maximum absolute atomic E-state index is 13.0. The van der Waals surface area contributed by atoms with Gasteiger partial charge in [0.2, 0.25) is 0 Å². The number of hydrogen-bond donors (Lipinski definition) is 0. The Bertz CT molecular complexity index is 1030. The van der Waals surface area contributed by atoms with Crippen LogP contribution in [0.4, 0.5) is 0 Å². The first-order valence-electron chi connectivity index (χ1n) is 19.5. The molecule has 2 unspecified atom stereocenters. The first-order chi connectivity index (χ1) is 24.0. The summed E-state index contributed by atoms with van der Waals surface area (Å²) >= 11 is 0. The molecule has 0 saturated heterocycles. The molecule has 0 aromatic rings. The zero-order chi connectivity index (χ0) is 37.7. The Balaban J connectivity index is 5.70. The lowest BCUT2D eigenvalue weighted by atomic mass is 10.1. The van der Waals surface area contributed by atoms with Gasteiger partial charge in [-0.05, 0) is 106 Å². The zero-order valence-corrected chi connectivity index (χ0v) is 33.5. The van der Waals surface area contributed by atoms with Gasteiger partial charge in [0.15, 0.2) is 0 Å². The van der Waals surface area contributed by atoms with Crippen molar-refractivity contribution in [2.75, 3.05) is 0 Å². The summed E-state index contributed by atoms with van der Waals surface area (Å²) < 4.78 is 35.3. The van der Waals surface area contributed by atoms with Crippen LogP contribution in [0.5, 0.6) is 0 Å². The second kappa shape index (κ2) is 28.5. The summed E-state index contributed by atoms with van der Waals surface area (Å²) in [5, 5.41) is 0. The van der Waals surface area contributed by atoms with E-state index in [-0.39, 0.29) is 12.8 Å². The van der Waals surface area contributed by atoms with Crippen LogP contribution in [0, 0.1) is 0 Å². The van der Waals surface area contributed by atoms with E-state index in [0.717, 1.165) is 125 Å². The Hall–Kier alpha value is -3.16. The topological polar surface area (TPSA) is 89.5 Å². The molecule has 0 spiro atoms. The van der Waals surface area contributed by atoms with Crippen LogP contribution in [0.15, 0.2) is 59.5 Å². The predicted molar refractivity (Wildman–Crippen MR) is 203 cm³/mol. The molecule has 0 amide bonds. The Morgan fingerprint density at radius 2 is 0.800 bits per heavy atom. The summed E-state index contributed by atoms with van der Waals surface area (Å²) in [6.07, 6.45) is 25.2. The van der Waals surface area contributed by atoms with Crippen LogP contribution >= 0.6 is 0 Å². The number of hydrogen-bond acceptors (Lipinski definition) is 8. The summed E-state index contributed by atoms with van der Waals surface area (Å²) in [6, 6.07) is 0. The van der Waals surface area contributed by atoms with Crippen molar-refractivity contribution in [2.24, 2.45) is 0 Å². The van der Waals surface area contributed by atoms with Gasteiger partial charge in [0.25, 0.3) is 0 Å². The second-order valence-electron chi connectivity index (χ2n) is 13.0. The van der Waals surface area contributed by atoms with E-state index < -0.39 is 23.9 Å². The average Bonchev–Trinajstić information content (AvgIpc) is 3.10. The lowest BCUT2D eigenvalue weighted by molar-refractivity contribution is -0.312. The summed E-state index contributed by atoms with van der Waals surface area (Å²) in [7, 11) is 0. The normalized spacial score (nSPS) is 15.3. The highest BCUT2D eigenvalue weighted by molar-refractivity contribution is 5.82. The average molecular weight is 705 g/mol. The lowest BCUT2D eigenvalue weighted by Gasteiger charge is -2.28. The minimum absolute atomic E-state index is 0.0107. The zero-order valence-electron chi connectivity index (χ0n) is 33.5. The standard InChI is InChI=1S/C42H72O8/c1-11-19-25-35(15-5)31-45-41(9,46-32-36(16-6)26-20-12-2)49-39(43)29-23-24-30-40(44)50-42(10,47-33-37(17-7)27-21-13-3)48-34-38(18-8)28-22-14-4/h23,29,31-34H,11-22,24-28,30H2,1-10H3/b29-23+,35-31-,36-32+,37-33-,38-34+. The molecule has 288 valence electrons. The molecular formula is C42H72O8. The summed E-state index contributed by atoms with van der Waals surface area (Å²) in [5.41, 5.74) is 4.47. The van der Waals surface area contributed by atoms with Crippen molar-refractivity contribution in [3.8, 4) is 0 Å². The predicted octanol–water partition coefficient (Wildman–Crippen LogP) is 12.8. The van der Waals surface area contributed by atoms with Gasteiger partial charge in [0.05, 0.1) is 38.9 Å². The molecule has 0 aromatic heterocycles. The molecule has 2 atom stereocenters. The smallest absolute Gasteiger partial charge is 0.415 e. The summed E-state index contributed by atoms with van der Waals surface area (Å²) in [4.78, 5) is 25.9. The Labute approximate surface area is 305 Å². The van der Waals surface area contributed by atoms with Crippen molar-refractivity contribution in [1.82, 2.24) is 0 Å². The second-order valence-corrected chi connectivity index (χ2v) is 13.0. The van der Waals surface area contributed by atoms with E-state index in [2.05, 4.69) is 55.4 Å². The van der Waals surface area contributed by atoms with E-state index in [4.69, 9.17) is 28.4 Å². The largest absolute Gasteiger partial charge is 0.429 e. The maximum Gasteiger partial charge on any atom is 0.415 e. The number of allylic oxidation sites excluding steroid dienone is 5. The van der Waals surface area contributed by atoms with Gasteiger partial charge in [-0.15, -0.1) is 0 Å². The Kier molecular flexibility index (Phi) is 26.7. The van der Waals surface area contributed by atoms with Gasteiger partial charge < -0.3 is 28.4 Å². The van der Waals surface area contributed by atoms with E-state index in [1.165, 1.54) is 6.08 Å². The molecule has 0 bridgehead atoms. The highest BCUT2D eigenvalue weighted by Gasteiger charge is 2.33. The van der Waals surface area contributed by atoms with E-state index in [1.54, 1.807) is 45.0 Å². The SMILES string of the molecule is CCCC/C(=C\OC(C)(O/C=C(\CC)CCCC)OC(=O)/C=C/CCC(=O)OC(C)(O/C=C(/CC)CCCC)O/C=C(\CC)CCCC)CC. The van der Waals surface area contributed by atoms with Crippen LogP contribution in [0.2, 0.25) is 0 Å². The van der Waals surface area contributed by atoms with Crippen LogP contribution in [0.3, 0.4) is 0 Å². The van der Waals surface area contributed by atoms with Gasteiger partial charge in [-0.3, -0.25) is 4.79 Å². The molecular weight excluding hydrogens is 632 g/mol. The van der Waals surface area contributed by atoms with E-state index in [1.807, 2.05) is 0 Å². The highest BCUT2D eigenvalue weighted by atomic mass is 16.9. The van der Waals surface area contributed by atoms with Crippen molar-refractivity contribution in [3.05, 3.63) is 59.5 Å². The molecule has 8 nitrogen and oxygen atoms in total. The number of ether oxygens (including phenoxy) is 6. The molecule has 0 aliphatic carbocycles. The van der Waals surface area contributed by atoms with Crippen LogP contribution in [0.1, 0.15) is 185 Å². The van der Waals surface area contributed by atoms with Crippen molar-refractivity contribution in [3.63, 3.8) is 0 Å². The van der Waals surface area contributed by atoms with Crippen LogP contribution in [-0.4, -0.2) is 23.9 Å². The summed E-state index contributed by atoms with van der Waals surface area (Å²) in [5.74, 6) is -4.44. The molecule has 0 aromatic carbocycles. The molecule has 0 heterocycles. The first kappa shape index (κ1) is 46.8. The molecule has 0 rings (SSSR count). The lowest BCUT2D eigenvalue weighted by Crippen LogP contribution is -2.35. The molecule has 0 N–H and O–H groups in total.